The Labute approximate surface area is 256 Å². The van der Waals surface area contributed by atoms with Gasteiger partial charge in [-0.3, -0.25) is 19.3 Å². The molecule has 13 heteroatoms. The predicted molar refractivity (Wildman–Crippen MR) is 156 cm³/mol. The second-order valence-corrected chi connectivity index (χ2v) is 12.2. The van der Waals surface area contributed by atoms with E-state index in [1.54, 1.807) is 11.9 Å². The first kappa shape index (κ1) is 32.2. The minimum Gasteiger partial charge on any atom is -0.508 e. The summed E-state index contributed by atoms with van der Waals surface area (Å²) in [5, 5.41) is 44.9. The average molecular weight is 630 g/mol. The van der Waals surface area contributed by atoms with Crippen LogP contribution in [0, 0.1) is 11.8 Å². The van der Waals surface area contributed by atoms with E-state index in [0.29, 0.717) is 13.0 Å². The highest BCUT2D eigenvalue weighted by Crippen LogP contribution is 2.54. The Kier molecular flexibility index (Phi) is 8.09. The summed E-state index contributed by atoms with van der Waals surface area (Å²) in [7, 11) is 4.53. The highest BCUT2D eigenvalue weighted by Gasteiger charge is 2.64. The van der Waals surface area contributed by atoms with Crippen molar-refractivity contribution in [2.45, 2.75) is 43.6 Å². The Balaban J connectivity index is 1.62. The van der Waals surface area contributed by atoms with Crippen LogP contribution in [0.2, 0.25) is 0 Å². The minimum absolute atomic E-state index is 0.183. The number of alkyl halides is 3. The van der Waals surface area contributed by atoms with Crippen molar-refractivity contribution in [3.8, 4) is 5.75 Å². The van der Waals surface area contributed by atoms with E-state index < -0.39 is 98.7 Å². The molecule has 0 unspecified atom stereocenters. The molecule has 3 aliphatic carbocycles. The van der Waals surface area contributed by atoms with Gasteiger partial charge in [0.2, 0.25) is 5.78 Å². The number of nitrogens with zero attached hydrogens (tertiary/aromatic N) is 2. The summed E-state index contributed by atoms with van der Waals surface area (Å²) < 4.78 is 44.3. The third-order valence-corrected chi connectivity index (χ3v) is 9.15. The van der Waals surface area contributed by atoms with Crippen LogP contribution in [-0.2, 0) is 39.9 Å². The van der Waals surface area contributed by atoms with Crippen LogP contribution < -0.4 is 5.73 Å². The van der Waals surface area contributed by atoms with Crippen molar-refractivity contribution in [2.75, 3.05) is 27.7 Å². The van der Waals surface area contributed by atoms with Gasteiger partial charge in [-0.25, -0.2) is 0 Å². The molecule has 0 heterocycles. The van der Waals surface area contributed by atoms with Crippen LogP contribution in [0.15, 0.2) is 53.3 Å². The number of Topliss-reactive ketones (excluding diaryl/α,β-unsaturated/α-hetero) is 2. The van der Waals surface area contributed by atoms with E-state index in [1.807, 2.05) is 30.3 Å². The third kappa shape index (κ3) is 5.18. The Morgan fingerprint density at radius 2 is 1.73 bits per heavy atom. The normalized spacial score (nSPS) is 25.0. The number of aliphatic hydroxyl groups excluding tert-OH is 2. The van der Waals surface area contributed by atoms with E-state index >= 15 is 0 Å². The monoisotopic (exact) mass is 629 g/mol. The molecule has 1 fully saturated rings. The quantitative estimate of drug-likeness (QED) is 0.290. The van der Waals surface area contributed by atoms with E-state index in [-0.39, 0.29) is 18.5 Å². The number of hydrogen-bond donors (Lipinski definition) is 5. The molecule has 3 aliphatic rings. The molecule has 5 rings (SSSR count). The Morgan fingerprint density at radius 3 is 2.31 bits per heavy atom. The number of amides is 1. The molecule has 1 amide bonds. The highest BCUT2D eigenvalue weighted by molar-refractivity contribution is 6.24. The molecular formula is C32H34F3N3O7. The lowest BCUT2D eigenvalue weighted by molar-refractivity contribution is -0.153. The van der Waals surface area contributed by atoms with Crippen LogP contribution in [0.1, 0.15) is 34.2 Å². The van der Waals surface area contributed by atoms with Gasteiger partial charge in [0.15, 0.2) is 11.4 Å². The lowest BCUT2D eigenvalue weighted by atomic mass is 9.57. The van der Waals surface area contributed by atoms with Crippen LogP contribution in [0.4, 0.5) is 13.2 Å². The molecule has 6 N–H and O–H groups in total. The number of carbonyl (C=O) groups excluding carboxylic acids is 3. The molecule has 45 heavy (non-hydrogen) atoms. The Hall–Kier alpha value is -4.20. The molecule has 0 aromatic heterocycles. The number of hydrogen-bond acceptors (Lipinski definition) is 9. The maximum Gasteiger partial charge on any atom is 0.417 e. The van der Waals surface area contributed by atoms with Crippen LogP contribution >= 0.6 is 0 Å². The van der Waals surface area contributed by atoms with Crippen molar-refractivity contribution in [3.05, 3.63) is 81.1 Å². The van der Waals surface area contributed by atoms with Gasteiger partial charge < -0.3 is 31.1 Å². The molecule has 240 valence electrons. The predicted octanol–water partition coefficient (Wildman–Crippen LogP) is 2.66. The molecule has 0 radical (unpaired) electrons. The number of halogens is 3. The fourth-order valence-corrected chi connectivity index (χ4v) is 7.20. The van der Waals surface area contributed by atoms with Crippen LogP contribution in [0.5, 0.6) is 5.75 Å². The minimum atomic E-state index is -4.91. The van der Waals surface area contributed by atoms with Crippen molar-refractivity contribution in [1.82, 2.24) is 9.80 Å². The molecular weight excluding hydrogens is 595 g/mol. The van der Waals surface area contributed by atoms with E-state index in [9.17, 15) is 48.0 Å². The molecule has 2 aromatic carbocycles. The van der Waals surface area contributed by atoms with E-state index in [1.165, 1.54) is 19.0 Å². The maximum absolute atomic E-state index is 14.8. The van der Waals surface area contributed by atoms with Gasteiger partial charge in [0.1, 0.15) is 22.8 Å². The molecule has 0 spiro atoms. The first-order valence-corrected chi connectivity index (χ1v) is 14.3. The summed E-state index contributed by atoms with van der Waals surface area (Å²) in [4.78, 5) is 42.3. The molecule has 0 aliphatic heterocycles. The van der Waals surface area contributed by atoms with Gasteiger partial charge >= 0.3 is 6.18 Å². The van der Waals surface area contributed by atoms with Crippen molar-refractivity contribution in [3.63, 3.8) is 0 Å². The average Bonchev–Trinajstić information content (AvgIpc) is 2.93. The van der Waals surface area contributed by atoms with Gasteiger partial charge in [0.05, 0.1) is 17.2 Å². The number of carbonyl (C=O) groups is 3. The van der Waals surface area contributed by atoms with Crippen molar-refractivity contribution in [1.29, 1.82) is 0 Å². The van der Waals surface area contributed by atoms with Gasteiger partial charge in [-0.1, -0.05) is 30.3 Å². The highest BCUT2D eigenvalue weighted by atomic mass is 19.4. The lowest BCUT2D eigenvalue weighted by Crippen LogP contribution is -2.65. The first-order valence-electron chi connectivity index (χ1n) is 14.3. The number of fused-ring (bicyclic) bond motifs is 3. The molecule has 4 atom stereocenters. The Morgan fingerprint density at radius 1 is 1.09 bits per heavy atom. The zero-order chi connectivity index (χ0) is 33.2. The van der Waals surface area contributed by atoms with E-state index in [0.717, 1.165) is 11.6 Å². The van der Waals surface area contributed by atoms with Gasteiger partial charge in [-0.05, 0) is 69.1 Å². The fourth-order valence-electron chi connectivity index (χ4n) is 7.20. The number of phenolic OH excluding ortho intramolecular Hbond substituents is 1. The summed E-state index contributed by atoms with van der Waals surface area (Å²) >= 11 is 0. The van der Waals surface area contributed by atoms with Gasteiger partial charge in [0, 0.05) is 24.6 Å². The van der Waals surface area contributed by atoms with Crippen molar-refractivity contribution < 1.29 is 48.0 Å². The topological polar surface area (TPSA) is 165 Å². The number of aromatic hydroxyl groups is 1. The molecule has 10 nitrogen and oxygen atoms in total. The third-order valence-electron chi connectivity index (χ3n) is 9.15. The number of nitrogens with two attached hydrogens (primary N) is 1. The summed E-state index contributed by atoms with van der Waals surface area (Å²) in [6.45, 7) is 0.230. The standard InChI is InChI=1S/C32H34F3N3O7/c1-37(2)25-19-12-16-11-18-22(26(40)21(16)28(42)31(19,45)29(43)23(27(25)41)30(36)44)20(39)13-17(24(18)32(33,34)35)14-38(3)10-9-15-7-5-4-6-8-15/h4-8,13,16,19,25,39-40,43,45H,9-12,14H2,1-3H3,(H2,36,44)/t16-,19-,25-,31-/m0/s1. The molecule has 0 bridgehead atoms. The van der Waals surface area contributed by atoms with E-state index in [2.05, 4.69) is 0 Å². The number of benzene rings is 2. The van der Waals surface area contributed by atoms with Gasteiger partial charge in [-0.2, -0.15) is 13.2 Å². The first-order chi connectivity index (χ1) is 21.0. The second-order valence-electron chi connectivity index (χ2n) is 12.2. The number of primary amides is 1. The number of rotatable bonds is 7. The van der Waals surface area contributed by atoms with E-state index in [4.69, 9.17) is 5.73 Å². The summed E-state index contributed by atoms with van der Waals surface area (Å²) in [6, 6.07) is 8.96. The fraction of sp³-hybridized carbons (Fsp3) is 0.406. The van der Waals surface area contributed by atoms with Crippen molar-refractivity contribution in [2.24, 2.45) is 17.6 Å². The number of phenols is 1. The smallest absolute Gasteiger partial charge is 0.417 e. The Bertz CT molecular complexity index is 1650. The zero-order valence-electron chi connectivity index (χ0n) is 24.9. The van der Waals surface area contributed by atoms with Gasteiger partial charge in [0.25, 0.3) is 5.91 Å². The maximum atomic E-state index is 14.8. The van der Waals surface area contributed by atoms with Crippen LogP contribution in [-0.4, -0.2) is 87.0 Å². The number of ketones is 2. The number of likely N-dealkylation sites (N-methyl/N-ethyl adjacent to an activating group) is 2. The van der Waals surface area contributed by atoms with Crippen LogP contribution in [0.3, 0.4) is 0 Å². The second kappa shape index (κ2) is 11.3. The van der Waals surface area contributed by atoms with Crippen LogP contribution in [0.25, 0.3) is 5.76 Å². The number of aliphatic hydroxyl groups is 3. The largest absolute Gasteiger partial charge is 0.508 e. The van der Waals surface area contributed by atoms with Gasteiger partial charge in [-0.15, -0.1) is 0 Å². The summed E-state index contributed by atoms with van der Waals surface area (Å²) in [6.07, 6.45) is -5.11. The van der Waals surface area contributed by atoms with Crippen molar-refractivity contribution >= 4 is 23.2 Å². The zero-order valence-corrected chi connectivity index (χ0v) is 24.9. The molecule has 2 aromatic rings. The summed E-state index contributed by atoms with van der Waals surface area (Å²) in [5.41, 5.74) is -0.358. The summed E-state index contributed by atoms with van der Waals surface area (Å²) in [5.74, 6) is -9.09. The lowest BCUT2D eigenvalue weighted by Gasteiger charge is -2.50. The SMILES string of the molecule is CN(CCc1ccccc1)Cc1cc(O)c2c(c1C(F)(F)F)C[C@H]1C[C@H]3[C@H](N(C)C)C(=O)C(C(N)=O)=C(O)[C@@]3(O)C(=O)C1=C2O. The molecule has 0 saturated heterocycles. The molecule has 1 saturated carbocycles.